The van der Waals surface area contributed by atoms with Crippen molar-refractivity contribution >= 4 is 19.8 Å². The summed E-state index contributed by atoms with van der Waals surface area (Å²) in [6.45, 7) is 3.60. The summed E-state index contributed by atoms with van der Waals surface area (Å²) in [4.78, 5) is 34.8. The van der Waals surface area contributed by atoms with E-state index in [1.165, 1.54) is 51.4 Å². The van der Waals surface area contributed by atoms with Gasteiger partial charge in [0.2, 0.25) is 0 Å². The standard InChI is InChI=1S/C45H78NO8P/c1-3-5-7-9-11-13-15-17-19-20-21-22-24-25-27-29-31-33-35-37-44(47)51-41-43(42-53-55(49,50)52-40-39-46)54-45(48)38-36-34-32-30-28-26-23-18-16-14-12-10-8-6-4-2/h11-14,17-19,21-23,25,27,43H,3-10,15-16,20,24,26,28-42,46H2,1-2H3,(H,49,50)/b13-11+,14-12+,19-17+,22-21+,23-18+,27-25+/t43-/m1/s1. The summed E-state index contributed by atoms with van der Waals surface area (Å²) in [6.07, 6.45) is 49.3. The molecule has 9 nitrogen and oxygen atoms in total. The Morgan fingerprint density at radius 3 is 1.42 bits per heavy atom. The summed E-state index contributed by atoms with van der Waals surface area (Å²) in [6, 6.07) is 0. The number of phosphoric ester groups is 1. The van der Waals surface area contributed by atoms with Gasteiger partial charge in [-0.1, -0.05) is 138 Å². The van der Waals surface area contributed by atoms with Crippen molar-refractivity contribution in [3.8, 4) is 0 Å². The van der Waals surface area contributed by atoms with Crippen molar-refractivity contribution in [3.05, 3.63) is 72.9 Å². The third kappa shape index (κ3) is 40.9. The van der Waals surface area contributed by atoms with Crippen LogP contribution in [-0.4, -0.2) is 49.3 Å². The number of nitrogens with two attached hydrogens (primary N) is 1. The van der Waals surface area contributed by atoms with Gasteiger partial charge in [0.05, 0.1) is 13.2 Å². The summed E-state index contributed by atoms with van der Waals surface area (Å²) >= 11 is 0. The molecule has 0 fully saturated rings. The molecule has 10 heteroatoms. The number of phosphoric acid groups is 1. The number of ether oxygens (including phenoxy) is 2. The molecule has 0 bridgehead atoms. The molecule has 316 valence electrons. The molecule has 1 unspecified atom stereocenters. The van der Waals surface area contributed by atoms with Crippen LogP contribution in [-0.2, 0) is 32.7 Å². The Morgan fingerprint density at radius 2 is 0.945 bits per heavy atom. The molecule has 0 radical (unpaired) electrons. The summed E-state index contributed by atoms with van der Waals surface area (Å²) in [5, 5.41) is 0. The Morgan fingerprint density at radius 1 is 0.545 bits per heavy atom. The van der Waals surface area contributed by atoms with Gasteiger partial charge in [-0.05, 0) is 89.9 Å². The summed E-state index contributed by atoms with van der Waals surface area (Å²) in [5.74, 6) is -0.887. The molecule has 0 aromatic heterocycles. The first-order valence-corrected chi connectivity index (χ1v) is 22.9. The van der Waals surface area contributed by atoms with E-state index in [9.17, 15) is 19.0 Å². The smallest absolute Gasteiger partial charge is 0.462 e. The molecule has 2 atom stereocenters. The third-order valence-corrected chi connectivity index (χ3v) is 9.55. The molecule has 0 saturated carbocycles. The van der Waals surface area contributed by atoms with Gasteiger partial charge in [0.25, 0.3) is 0 Å². The molecule has 0 amide bonds. The van der Waals surface area contributed by atoms with Crippen molar-refractivity contribution in [2.75, 3.05) is 26.4 Å². The zero-order valence-corrected chi connectivity index (χ0v) is 35.5. The van der Waals surface area contributed by atoms with Gasteiger partial charge in [-0.2, -0.15) is 0 Å². The molecule has 55 heavy (non-hydrogen) atoms. The predicted molar refractivity (Wildman–Crippen MR) is 229 cm³/mol. The van der Waals surface area contributed by atoms with E-state index in [1.54, 1.807) is 0 Å². The lowest BCUT2D eigenvalue weighted by Crippen LogP contribution is -2.29. The normalized spacial score (nSPS) is 14.0. The molecule has 0 aliphatic heterocycles. The molecule has 0 aromatic rings. The molecule has 0 aliphatic rings. The minimum atomic E-state index is -4.39. The van der Waals surface area contributed by atoms with Crippen LogP contribution in [0.2, 0.25) is 0 Å². The van der Waals surface area contributed by atoms with Gasteiger partial charge in [0, 0.05) is 19.4 Å². The van der Waals surface area contributed by atoms with E-state index in [-0.39, 0.29) is 32.6 Å². The van der Waals surface area contributed by atoms with E-state index in [1.807, 2.05) is 0 Å². The topological polar surface area (TPSA) is 134 Å². The number of allylic oxidation sites excluding steroid dienone is 12. The van der Waals surface area contributed by atoms with Gasteiger partial charge >= 0.3 is 19.8 Å². The fraction of sp³-hybridized carbons (Fsp3) is 0.689. The number of esters is 2. The van der Waals surface area contributed by atoms with Crippen LogP contribution in [0.3, 0.4) is 0 Å². The van der Waals surface area contributed by atoms with Crippen LogP contribution >= 0.6 is 7.82 Å². The Kier molecular flexibility index (Phi) is 39.2. The quantitative estimate of drug-likeness (QED) is 0.0270. The molecule has 0 rings (SSSR count). The average molecular weight is 792 g/mol. The molecule has 0 aliphatic carbocycles. The number of hydrogen-bond donors (Lipinski definition) is 2. The highest BCUT2D eigenvalue weighted by Crippen LogP contribution is 2.43. The first kappa shape index (κ1) is 52.5. The Labute approximate surface area is 335 Å². The highest BCUT2D eigenvalue weighted by atomic mass is 31.2. The van der Waals surface area contributed by atoms with Crippen molar-refractivity contribution in [2.24, 2.45) is 5.73 Å². The minimum absolute atomic E-state index is 0.0427. The van der Waals surface area contributed by atoms with Gasteiger partial charge in [-0.3, -0.25) is 18.6 Å². The fourth-order valence-electron chi connectivity index (χ4n) is 5.35. The Bertz CT molecular complexity index is 1130. The van der Waals surface area contributed by atoms with Crippen LogP contribution in [0.5, 0.6) is 0 Å². The van der Waals surface area contributed by atoms with Gasteiger partial charge in [-0.15, -0.1) is 0 Å². The highest BCUT2D eigenvalue weighted by molar-refractivity contribution is 7.47. The van der Waals surface area contributed by atoms with Crippen LogP contribution in [0.4, 0.5) is 0 Å². The largest absolute Gasteiger partial charge is 0.472 e. The predicted octanol–water partition coefficient (Wildman–Crippen LogP) is 12.3. The fourth-order valence-corrected chi connectivity index (χ4v) is 6.12. The van der Waals surface area contributed by atoms with E-state index in [4.69, 9.17) is 24.3 Å². The van der Waals surface area contributed by atoms with Gasteiger partial charge < -0.3 is 20.1 Å². The van der Waals surface area contributed by atoms with Crippen LogP contribution in [0.1, 0.15) is 168 Å². The first-order valence-electron chi connectivity index (χ1n) is 21.4. The second-order valence-corrected chi connectivity index (χ2v) is 15.3. The van der Waals surface area contributed by atoms with Crippen LogP contribution < -0.4 is 5.73 Å². The van der Waals surface area contributed by atoms with Crippen LogP contribution in [0.15, 0.2) is 72.9 Å². The second kappa shape index (κ2) is 41.1. The SMILES string of the molecule is CCCCC/C=C/C/C=C/C/C=C/C/C=C/CCCCCC(=O)OC[C@H](COP(=O)(O)OCCN)OC(=O)CCCCCCC/C=C/C/C=C/CCCCC. The van der Waals surface area contributed by atoms with Gasteiger partial charge in [0.1, 0.15) is 6.61 Å². The van der Waals surface area contributed by atoms with E-state index >= 15 is 0 Å². The van der Waals surface area contributed by atoms with Crippen LogP contribution in [0.25, 0.3) is 0 Å². The van der Waals surface area contributed by atoms with Crippen molar-refractivity contribution in [2.45, 2.75) is 174 Å². The molecule has 3 N–H and O–H groups in total. The number of rotatable bonds is 39. The molecule has 0 aromatic carbocycles. The van der Waals surface area contributed by atoms with Crippen LogP contribution in [0, 0.1) is 0 Å². The van der Waals surface area contributed by atoms with E-state index in [0.29, 0.717) is 12.8 Å². The molecule has 0 saturated heterocycles. The molecule has 0 heterocycles. The maximum Gasteiger partial charge on any atom is 0.472 e. The van der Waals surface area contributed by atoms with Crippen molar-refractivity contribution in [1.29, 1.82) is 0 Å². The monoisotopic (exact) mass is 792 g/mol. The average Bonchev–Trinajstić information content (AvgIpc) is 3.17. The first-order chi connectivity index (χ1) is 26.8. The summed E-state index contributed by atoms with van der Waals surface area (Å²) in [7, 11) is -4.39. The number of carbonyl (C=O) groups is 2. The summed E-state index contributed by atoms with van der Waals surface area (Å²) in [5.41, 5.74) is 5.34. The zero-order chi connectivity index (χ0) is 40.3. The Balaban J connectivity index is 4.26. The minimum Gasteiger partial charge on any atom is -0.462 e. The lowest BCUT2D eigenvalue weighted by Gasteiger charge is -2.19. The maximum absolute atomic E-state index is 12.6. The van der Waals surface area contributed by atoms with E-state index in [0.717, 1.165) is 77.0 Å². The number of carbonyl (C=O) groups excluding carboxylic acids is 2. The lowest BCUT2D eigenvalue weighted by atomic mass is 10.1. The van der Waals surface area contributed by atoms with Gasteiger partial charge in [0.15, 0.2) is 6.10 Å². The summed E-state index contributed by atoms with van der Waals surface area (Å²) < 4.78 is 32.7. The van der Waals surface area contributed by atoms with Crippen molar-refractivity contribution in [1.82, 2.24) is 0 Å². The maximum atomic E-state index is 12.6. The second-order valence-electron chi connectivity index (χ2n) is 13.8. The molecular weight excluding hydrogens is 713 g/mol. The van der Waals surface area contributed by atoms with Crippen molar-refractivity contribution < 1.29 is 37.6 Å². The zero-order valence-electron chi connectivity index (χ0n) is 34.6. The number of hydrogen-bond acceptors (Lipinski definition) is 8. The third-order valence-electron chi connectivity index (χ3n) is 8.56. The van der Waals surface area contributed by atoms with E-state index < -0.39 is 32.5 Å². The van der Waals surface area contributed by atoms with Crippen molar-refractivity contribution in [3.63, 3.8) is 0 Å². The van der Waals surface area contributed by atoms with E-state index in [2.05, 4.69) is 86.8 Å². The Hall–Kier alpha value is -2.55. The molecular formula is C45H78NO8P. The number of unbranched alkanes of at least 4 members (excludes halogenated alkanes) is 14. The highest BCUT2D eigenvalue weighted by Gasteiger charge is 2.25. The lowest BCUT2D eigenvalue weighted by molar-refractivity contribution is -0.161. The molecule has 0 spiro atoms. The van der Waals surface area contributed by atoms with Gasteiger partial charge in [-0.25, -0.2) is 4.57 Å².